The van der Waals surface area contributed by atoms with Crippen LogP contribution in [0.3, 0.4) is 0 Å². The van der Waals surface area contributed by atoms with Crippen LogP contribution in [0.15, 0.2) is 6.07 Å². The Hall–Kier alpha value is -1.42. The minimum atomic E-state index is 0.287. The number of benzene rings is 1. The van der Waals surface area contributed by atoms with Gasteiger partial charge in [0.15, 0.2) is 11.5 Å². The normalized spacial score (nSPS) is 21.8. The number of hydrogen-bond acceptors (Lipinski definition) is 4. The molecule has 0 spiro atoms. The van der Waals surface area contributed by atoms with Crippen molar-refractivity contribution in [3.05, 3.63) is 17.2 Å². The summed E-state index contributed by atoms with van der Waals surface area (Å²) in [4.78, 5) is 0. The van der Waals surface area contributed by atoms with Gasteiger partial charge in [0.05, 0.1) is 7.11 Å². The molecule has 0 radical (unpaired) electrons. The van der Waals surface area contributed by atoms with Crippen molar-refractivity contribution in [3.63, 3.8) is 0 Å². The summed E-state index contributed by atoms with van der Waals surface area (Å²) < 4.78 is 16.4. The molecule has 2 heterocycles. The molecule has 1 aromatic rings. The SMILES string of the molecule is COc1cc2c(c3c1OCO3)[C@H](C)NCC2. The molecule has 3 rings (SSSR count). The summed E-state index contributed by atoms with van der Waals surface area (Å²) in [5, 5.41) is 3.43. The van der Waals surface area contributed by atoms with Crippen LogP contribution in [0.2, 0.25) is 0 Å². The van der Waals surface area contributed by atoms with E-state index in [1.807, 2.05) is 0 Å². The molecule has 4 nitrogen and oxygen atoms in total. The van der Waals surface area contributed by atoms with E-state index < -0.39 is 0 Å². The second kappa shape index (κ2) is 3.56. The fourth-order valence-electron chi connectivity index (χ4n) is 2.47. The van der Waals surface area contributed by atoms with Crippen molar-refractivity contribution in [3.8, 4) is 17.2 Å². The number of nitrogens with one attached hydrogen (secondary N) is 1. The van der Waals surface area contributed by atoms with Gasteiger partial charge in [-0.25, -0.2) is 0 Å². The fourth-order valence-corrected chi connectivity index (χ4v) is 2.47. The van der Waals surface area contributed by atoms with Gasteiger partial charge in [0.1, 0.15) is 0 Å². The highest BCUT2D eigenvalue weighted by atomic mass is 16.7. The zero-order valence-corrected chi connectivity index (χ0v) is 9.50. The number of rotatable bonds is 1. The molecule has 86 valence electrons. The van der Waals surface area contributed by atoms with Crippen LogP contribution in [0.4, 0.5) is 0 Å². The van der Waals surface area contributed by atoms with Crippen molar-refractivity contribution >= 4 is 0 Å². The zero-order chi connectivity index (χ0) is 11.1. The first-order chi connectivity index (χ1) is 7.81. The molecule has 2 aliphatic rings. The van der Waals surface area contributed by atoms with Gasteiger partial charge in [-0.3, -0.25) is 0 Å². The van der Waals surface area contributed by atoms with Crippen LogP contribution in [0.5, 0.6) is 17.2 Å². The van der Waals surface area contributed by atoms with Crippen LogP contribution in [0.25, 0.3) is 0 Å². The van der Waals surface area contributed by atoms with E-state index in [1.165, 1.54) is 11.1 Å². The standard InChI is InChI=1S/C12H15NO3/c1-7-10-8(3-4-13-7)5-9(14-2)11-12(10)16-6-15-11/h5,7,13H,3-4,6H2,1-2H3/t7-/m0/s1. The zero-order valence-electron chi connectivity index (χ0n) is 9.50. The van der Waals surface area contributed by atoms with Crippen LogP contribution in [-0.4, -0.2) is 20.4 Å². The van der Waals surface area contributed by atoms with Crippen molar-refractivity contribution in [1.82, 2.24) is 5.32 Å². The second-order valence-electron chi connectivity index (χ2n) is 4.14. The van der Waals surface area contributed by atoms with Crippen LogP contribution in [-0.2, 0) is 6.42 Å². The van der Waals surface area contributed by atoms with Gasteiger partial charge in [-0.05, 0) is 31.5 Å². The van der Waals surface area contributed by atoms with Gasteiger partial charge in [-0.2, -0.15) is 0 Å². The second-order valence-corrected chi connectivity index (χ2v) is 4.14. The van der Waals surface area contributed by atoms with Gasteiger partial charge >= 0.3 is 0 Å². The lowest BCUT2D eigenvalue weighted by Crippen LogP contribution is -2.28. The highest BCUT2D eigenvalue weighted by Gasteiger charge is 2.30. The average Bonchev–Trinajstić information content (AvgIpc) is 2.76. The maximum Gasteiger partial charge on any atom is 0.231 e. The molecule has 0 unspecified atom stereocenters. The van der Waals surface area contributed by atoms with Gasteiger partial charge in [-0.15, -0.1) is 0 Å². The monoisotopic (exact) mass is 221 g/mol. The van der Waals surface area contributed by atoms with Crippen LogP contribution in [0, 0.1) is 0 Å². The Morgan fingerprint density at radius 2 is 2.19 bits per heavy atom. The molecule has 1 N–H and O–H groups in total. The Morgan fingerprint density at radius 3 is 3.00 bits per heavy atom. The maximum absolute atomic E-state index is 5.57. The predicted molar refractivity (Wildman–Crippen MR) is 59.2 cm³/mol. The molecule has 1 aromatic carbocycles. The Labute approximate surface area is 94.5 Å². The topological polar surface area (TPSA) is 39.7 Å². The molecule has 0 aliphatic carbocycles. The highest BCUT2D eigenvalue weighted by Crippen LogP contribution is 2.48. The summed E-state index contributed by atoms with van der Waals surface area (Å²) in [5.41, 5.74) is 2.52. The van der Waals surface area contributed by atoms with E-state index in [0.717, 1.165) is 30.2 Å². The maximum atomic E-state index is 5.57. The number of fused-ring (bicyclic) bond motifs is 3. The van der Waals surface area contributed by atoms with E-state index in [0.29, 0.717) is 6.04 Å². The predicted octanol–water partition coefficient (Wildman–Crippen LogP) is 1.63. The first kappa shape index (κ1) is 9.78. The minimum absolute atomic E-state index is 0.287. The quantitative estimate of drug-likeness (QED) is 0.782. The van der Waals surface area contributed by atoms with Crippen molar-refractivity contribution in [1.29, 1.82) is 0 Å². The van der Waals surface area contributed by atoms with Crippen molar-refractivity contribution in [2.45, 2.75) is 19.4 Å². The first-order valence-corrected chi connectivity index (χ1v) is 5.54. The van der Waals surface area contributed by atoms with Crippen molar-refractivity contribution in [2.24, 2.45) is 0 Å². The third-order valence-corrected chi connectivity index (χ3v) is 3.23. The Bertz CT molecular complexity index is 431. The van der Waals surface area contributed by atoms with E-state index in [1.54, 1.807) is 7.11 Å². The molecule has 4 heteroatoms. The van der Waals surface area contributed by atoms with Crippen LogP contribution < -0.4 is 19.5 Å². The number of methoxy groups -OCH3 is 1. The number of hydrogen-bond donors (Lipinski definition) is 1. The Morgan fingerprint density at radius 1 is 1.38 bits per heavy atom. The van der Waals surface area contributed by atoms with Gasteiger partial charge in [0.25, 0.3) is 0 Å². The van der Waals surface area contributed by atoms with E-state index in [2.05, 4.69) is 18.3 Å². The summed E-state index contributed by atoms with van der Waals surface area (Å²) in [6, 6.07) is 2.38. The Kier molecular flexibility index (Phi) is 2.17. The van der Waals surface area contributed by atoms with E-state index >= 15 is 0 Å². The largest absolute Gasteiger partial charge is 0.493 e. The highest BCUT2D eigenvalue weighted by molar-refractivity contribution is 5.61. The molecule has 16 heavy (non-hydrogen) atoms. The lowest BCUT2D eigenvalue weighted by molar-refractivity contribution is 0.170. The summed E-state index contributed by atoms with van der Waals surface area (Å²) >= 11 is 0. The number of ether oxygens (including phenoxy) is 3. The molecule has 0 amide bonds. The lowest BCUT2D eigenvalue weighted by atomic mass is 9.93. The molecule has 0 saturated carbocycles. The van der Waals surface area contributed by atoms with Crippen LogP contribution >= 0.6 is 0 Å². The van der Waals surface area contributed by atoms with E-state index in [9.17, 15) is 0 Å². The van der Waals surface area contributed by atoms with Crippen LogP contribution in [0.1, 0.15) is 24.1 Å². The molecular weight excluding hydrogens is 206 g/mol. The van der Waals surface area contributed by atoms with Gasteiger partial charge in [0, 0.05) is 11.6 Å². The molecular formula is C12H15NO3. The third kappa shape index (κ3) is 1.26. The van der Waals surface area contributed by atoms with Gasteiger partial charge in [-0.1, -0.05) is 0 Å². The molecule has 0 fully saturated rings. The molecule has 0 saturated heterocycles. The summed E-state index contributed by atoms with van der Waals surface area (Å²) in [5.74, 6) is 2.38. The first-order valence-electron chi connectivity index (χ1n) is 5.54. The van der Waals surface area contributed by atoms with Crippen molar-refractivity contribution in [2.75, 3.05) is 20.4 Å². The van der Waals surface area contributed by atoms with Crippen molar-refractivity contribution < 1.29 is 14.2 Å². The third-order valence-electron chi connectivity index (χ3n) is 3.23. The molecule has 2 aliphatic heterocycles. The van der Waals surface area contributed by atoms with E-state index in [-0.39, 0.29) is 6.79 Å². The minimum Gasteiger partial charge on any atom is -0.493 e. The summed E-state index contributed by atoms with van der Waals surface area (Å²) in [7, 11) is 1.66. The smallest absolute Gasteiger partial charge is 0.231 e. The van der Waals surface area contributed by atoms with Gasteiger partial charge < -0.3 is 19.5 Å². The summed E-state index contributed by atoms with van der Waals surface area (Å²) in [6.45, 7) is 3.43. The van der Waals surface area contributed by atoms with E-state index in [4.69, 9.17) is 14.2 Å². The van der Waals surface area contributed by atoms with Gasteiger partial charge in [0.2, 0.25) is 12.5 Å². The Balaban J connectivity index is 2.21. The molecule has 1 atom stereocenters. The average molecular weight is 221 g/mol. The summed E-state index contributed by atoms with van der Waals surface area (Å²) in [6.07, 6.45) is 1.01. The fraction of sp³-hybridized carbons (Fsp3) is 0.500. The molecule has 0 bridgehead atoms. The lowest BCUT2D eigenvalue weighted by Gasteiger charge is -2.25. The molecule has 0 aromatic heterocycles.